The van der Waals surface area contributed by atoms with Crippen LogP contribution in [0.25, 0.3) is 11.3 Å². The summed E-state index contributed by atoms with van der Waals surface area (Å²) < 4.78 is 18.4. The van der Waals surface area contributed by atoms with Crippen molar-refractivity contribution in [1.29, 1.82) is 0 Å². The Bertz CT molecular complexity index is 562. The maximum atomic E-state index is 13.2. The molecule has 88 valence electrons. The maximum absolute atomic E-state index is 13.2. The fourth-order valence-electron chi connectivity index (χ4n) is 1.44. The first kappa shape index (κ1) is 11.6. The minimum atomic E-state index is -0.408. The molecule has 1 heterocycles. The average molecular weight is 254 g/mol. The molecular formula is C11H9ClFN3O. The van der Waals surface area contributed by atoms with Gasteiger partial charge in [-0.3, -0.25) is 0 Å². The van der Waals surface area contributed by atoms with E-state index in [1.807, 2.05) is 0 Å². The molecule has 2 aromatic rings. The van der Waals surface area contributed by atoms with Gasteiger partial charge in [0.25, 0.3) is 0 Å². The number of aromatic nitrogens is 2. The van der Waals surface area contributed by atoms with Gasteiger partial charge in [-0.2, -0.15) is 0 Å². The highest BCUT2D eigenvalue weighted by Gasteiger charge is 2.14. The fourth-order valence-corrected chi connectivity index (χ4v) is 1.64. The molecule has 0 fully saturated rings. The number of rotatable bonds is 2. The molecule has 2 rings (SSSR count). The lowest BCUT2D eigenvalue weighted by Gasteiger charge is -2.09. The van der Waals surface area contributed by atoms with E-state index in [1.54, 1.807) is 0 Å². The van der Waals surface area contributed by atoms with Crippen molar-refractivity contribution in [2.75, 3.05) is 12.8 Å². The molecule has 1 aromatic heterocycles. The van der Waals surface area contributed by atoms with Gasteiger partial charge in [0.05, 0.1) is 12.8 Å². The second-order valence-electron chi connectivity index (χ2n) is 3.27. The maximum Gasteiger partial charge on any atom is 0.146 e. The van der Waals surface area contributed by atoms with Crippen molar-refractivity contribution in [2.45, 2.75) is 0 Å². The van der Waals surface area contributed by atoms with Gasteiger partial charge in [0, 0.05) is 5.56 Å². The van der Waals surface area contributed by atoms with Crippen molar-refractivity contribution >= 4 is 17.4 Å². The van der Waals surface area contributed by atoms with E-state index in [9.17, 15) is 4.39 Å². The molecule has 0 saturated carbocycles. The van der Waals surface area contributed by atoms with Gasteiger partial charge in [0.2, 0.25) is 0 Å². The van der Waals surface area contributed by atoms with Gasteiger partial charge in [-0.15, -0.1) is 0 Å². The van der Waals surface area contributed by atoms with Crippen LogP contribution in [0, 0.1) is 5.82 Å². The van der Waals surface area contributed by atoms with E-state index in [4.69, 9.17) is 22.1 Å². The molecule has 2 N–H and O–H groups in total. The number of methoxy groups -OCH3 is 1. The zero-order valence-corrected chi connectivity index (χ0v) is 9.70. The van der Waals surface area contributed by atoms with E-state index in [2.05, 4.69) is 9.97 Å². The lowest BCUT2D eigenvalue weighted by Crippen LogP contribution is -1.97. The lowest BCUT2D eigenvalue weighted by atomic mass is 10.1. The van der Waals surface area contributed by atoms with Crippen molar-refractivity contribution in [3.05, 3.63) is 35.4 Å². The Balaban J connectivity index is 2.67. The van der Waals surface area contributed by atoms with E-state index < -0.39 is 5.82 Å². The van der Waals surface area contributed by atoms with Crippen LogP contribution in [0.4, 0.5) is 10.2 Å². The highest BCUT2D eigenvalue weighted by Crippen LogP contribution is 2.35. The molecule has 0 aliphatic carbocycles. The molecule has 0 radical (unpaired) electrons. The third kappa shape index (κ3) is 2.14. The number of benzene rings is 1. The predicted molar refractivity (Wildman–Crippen MR) is 63.4 cm³/mol. The summed E-state index contributed by atoms with van der Waals surface area (Å²) in [5, 5.41) is 0.177. The van der Waals surface area contributed by atoms with Crippen LogP contribution in [0.2, 0.25) is 5.02 Å². The zero-order chi connectivity index (χ0) is 12.4. The van der Waals surface area contributed by atoms with Gasteiger partial charge < -0.3 is 10.5 Å². The molecular weight excluding hydrogens is 245 g/mol. The molecule has 0 saturated heterocycles. The van der Waals surface area contributed by atoms with Gasteiger partial charge in [0.1, 0.15) is 28.7 Å². The van der Waals surface area contributed by atoms with Crippen LogP contribution in [-0.2, 0) is 0 Å². The number of halogens is 2. The summed E-state index contributed by atoms with van der Waals surface area (Å²) in [7, 11) is 1.48. The van der Waals surface area contributed by atoms with Crippen LogP contribution in [0.15, 0.2) is 24.5 Å². The third-order valence-electron chi connectivity index (χ3n) is 2.23. The number of hydrogen-bond acceptors (Lipinski definition) is 4. The van der Waals surface area contributed by atoms with E-state index in [0.717, 1.165) is 0 Å². The molecule has 0 aliphatic heterocycles. The quantitative estimate of drug-likeness (QED) is 0.893. The molecule has 0 spiro atoms. The molecule has 0 aliphatic rings. The highest BCUT2D eigenvalue weighted by molar-refractivity contribution is 6.35. The van der Waals surface area contributed by atoms with E-state index in [0.29, 0.717) is 17.0 Å². The molecule has 1 aromatic carbocycles. The second-order valence-corrected chi connectivity index (χ2v) is 3.64. The molecule has 6 heteroatoms. The van der Waals surface area contributed by atoms with E-state index >= 15 is 0 Å². The topological polar surface area (TPSA) is 61.0 Å². The minimum absolute atomic E-state index is 0.142. The third-order valence-corrected chi connectivity index (χ3v) is 2.61. The van der Waals surface area contributed by atoms with Crippen molar-refractivity contribution < 1.29 is 9.13 Å². The number of ether oxygens (including phenoxy) is 1. The molecule has 0 amide bonds. The Labute approximate surface area is 102 Å². The average Bonchev–Trinajstić information content (AvgIpc) is 2.33. The van der Waals surface area contributed by atoms with Gasteiger partial charge in [-0.25, -0.2) is 14.4 Å². The van der Waals surface area contributed by atoms with Crippen LogP contribution in [0.1, 0.15) is 0 Å². The van der Waals surface area contributed by atoms with Crippen molar-refractivity contribution in [3.8, 4) is 17.0 Å². The smallest absolute Gasteiger partial charge is 0.146 e. The first-order valence-electron chi connectivity index (χ1n) is 4.73. The van der Waals surface area contributed by atoms with Crippen molar-refractivity contribution in [1.82, 2.24) is 9.97 Å². The SMILES string of the molecule is COc1ccc(F)cc1-c1ncnc(N)c1Cl. The van der Waals surface area contributed by atoms with Crippen LogP contribution in [-0.4, -0.2) is 17.1 Å². The normalized spacial score (nSPS) is 10.3. The Morgan fingerprint density at radius 1 is 1.35 bits per heavy atom. The summed E-state index contributed by atoms with van der Waals surface area (Å²) in [6.07, 6.45) is 1.26. The monoisotopic (exact) mass is 253 g/mol. The highest BCUT2D eigenvalue weighted by atomic mass is 35.5. The van der Waals surface area contributed by atoms with Crippen LogP contribution in [0.3, 0.4) is 0 Å². The van der Waals surface area contributed by atoms with Gasteiger partial charge >= 0.3 is 0 Å². The molecule has 0 bridgehead atoms. The second kappa shape index (κ2) is 4.55. The summed E-state index contributed by atoms with van der Waals surface area (Å²) in [6, 6.07) is 4.08. The van der Waals surface area contributed by atoms with Crippen LogP contribution < -0.4 is 10.5 Å². The summed E-state index contributed by atoms with van der Waals surface area (Å²) in [5.74, 6) is 0.198. The first-order valence-corrected chi connectivity index (χ1v) is 5.11. The number of hydrogen-bond donors (Lipinski definition) is 1. The molecule has 0 unspecified atom stereocenters. The minimum Gasteiger partial charge on any atom is -0.496 e. The zero-order valence-electron chi connectivity index (χ0n) is 8.95. The summed E-state index contributed by atoms with van der Waals surface area (Å²) in [4.78, 5) is 7.73. The number of nitrogen functional groups attached to an aromatic ring is 1. The Morgan fingerprint density at radius 2 is 2.12 bits per heavy atom. The molecule has 0 atom stereocenters. The van der Waals surface area contributed by atoms with Gasteiger partial charge in [-0.05, 0) is 18.2 Å². The Morgan fingerprint density at radius 3 is 2.82 bits per heavy atom. The summed E-state index contributed by atoms with van der Waals surface area (Å²) in [6.45, 7) is 0. The van der Waals surface area contributed by atoms with Crippen LogP contribution >= 0.6 is 11.6 Å². The lowest BCUT2D eigenvalue weighted by molar-refractivity contribution is 0.415. The predicted octanol–water partition coefficient (Wildman–Crippen LogP) is 2.53. The molecule has 17 heavy (non-hydrogen) atoms. The van der Waals surface area contributed by atoms with Gasteiger partial charge in [-0.1, -0.05) is 11.6 Å². The summed E-state index contributed by atoms with van der Waals surface area (Å²) >= 11 is 5.98. The fraction of sp³-hybridized carbons (Fsp3) is 0.0909. The van der Waals surface area contributed by atoms with Gasteiger partial charge in [0.15, 0.2) is 0 Å². The van der Waals surface area contributed by atoms with Crippen LogP contribution in [0.5, 0.6) is 5.75 Å². The first-order chi connectivity index (χ1) is 8.13. The summed E-state index contributed by atoms with van der Waals surface area (Å²) in [5.41, 5.74) is 6.35. The molecule has 4 nitrogen and oxygen atoms in total. The number of nitrogens with two attached hydrogens (primary N) is 1. The number of anilines is 1. The Kier molecular flexibility index (Phi) is 3.10. The van der Waals surface area contributed by atoms with Crippen molar-refractivity contribution in [3.63, 3.8) is 0 Å². The largest absolute Gasteiger partial charge is 0.496 e. The number of nitrogens with zero attached hydrogens (tertiary/aromatic N) is 2. The Hall–Kier alpha value is -1.88. The standard InChI is InChI=1S/C11H9ClFN3O/c1-17-8-3-2-6(13)4-7(8)10-9(12)11(14)16-5-15-10/h2-5H,1H3,(H2,14,15,16). The van der Waals surface area contributed by atoms with E-state index in [-0.39, 0.29) is 10.8 Å². The van der Waals surface area contributed by atoms with E-state index in [1.165, 1.54) is 31.6 Å². The van der Waals surface area contributed by atoms with Crippen molar-refractivity contribution in [2.24, 2.45) is 0 Å².